The highest BCUT2D eigenvalue weighted by molar-refractivity contribution is 6.02. The van der Waals surface area contributed by atoms with Crippen LogP contribution in [0.1, 0.15) is 18.2 Å². The van der Waals surface area contributed by atoms with Gasteiger partial charge in [-0.25, -0.2) is 4.68 Å². The molecule has 2 N–H and O–H groups in total. The SMILES string of the molecule is CCc1nn(C)c2n[nH]c(NC(=O)[C@H]3Cc4ccccc4O3)c12. The molecule has 1 atom stereocenters. The summed E-state index contributed by atoms with van der Waals surface area (Å²) in [6, 6.07) is 7.71. The molecule has 3 heterocycles. The summed E-state index contributed by atoms with van der Waals surface area (Å²) in [5, 5.41) is 15.3. The van der Waals surface area contributed by atoms with Gasteiger partial charge in [0.15, 0.2) is 11.8 Å². The number of rotatable bonds is 3. The number of nitrogens with zero attached hydrogens (tertiary/aromatic N) is 3. The van der Waals surface area contributed by atoms with Crippen LogP contribution in [0.25, 0.3) is 11.0 Å². The van der Waals surface area contributed by atoms with Crippen LogP contribution < -0.4 is 10.1 Å². The minimum absolute atomic E-state index is 0.183. The molecule has 7 heteroatoms. The van der Waals surface area contributed by atoms with Gasteiger partial charge >= 0.3 is 0 Å². The summed E-state index contributed by atoms with van der Waals surface area (Å²) in [5.74, 6) is 1.17. The summed E-state index contributed by atoms with van der Waals surface area (Å²) in [7, 11) is 1.84. The molecule has 1 amide bonds. The van der Waals surface area contributed by atoms with Gasteiger partial charge < -0.3 is 10.1 Å². The Labute approximate surface area is 132 Å². The highest BCUT2D eigenvalue weighted by Gasteiger charge is 2.30. The van der Waals surface area contributed by atoms with Crippen molar-refractivity contribution in [2.45, 2.75) is 25.9 Å². The number of anilines is 1. The van der Waals surface area contributed by atoms with E-state index in [0.717, 1.165) is 34.5 Å². The number of aromatic amines is 1. The molecule has 0 bridgehead atoms. The minimum Gasteiger partial charge on any atom is -0.480 e. The summed E-state index contributed by atoms with van der Waals surface area (Å²) < 4.78 is 7.43. The third-order valence-electron chi connectivity index (χ3n) is 4.14. The third-order valence-corrected chi connectivity index (χ3v) is 4.14. The lowest BCUT2D eigenvalue weighted by Crippen LogP contribution is -2.31. The summed E-state index contributed by atoms with van der Waals surface area (Å²) >= 11 is 0. The molecule has 0 saturated carbocycles. The first kappa shape index (κ1) is 13.8. The third kappa shape index (κ3) is 2.16. The zero-order valence-electron chi connectivity index (χ0n) is 13.0. The van der Waals surface area contributed by atoms with Crippen molar-refractivity contribution in [3.63, 3.8) is 0 Å². The Morgan fingerprint density at radius 3 is 3.09 bits per heavy atom. The molecule has 7 nitrogen and oxygen atoms in total. The average molecular weight is 311 g/mol. The van der Waals surface area contributed by atoms with Gasteiger partial charge in [-0.1, -0.05) is 25.1 Å². The number of ether oxygens (including phenoxy) is 1. The molecule has 2 aromatic heterocycles. The van der Waals surface area contributed by atoms with Crippen LogP contribution in [-0.4, -0.2) is 32.0 Å². The number of aromatic nitrogens is 4. The molecule has 0 fully saturated rings. The Kier molecular flexibility index (Phi) is 3.07. The first-order valence-corrected chi connectivity index (χ1v) is 7.62. The van der Waals surface area contributed by atoms with Crippen molar-refractivity contribution in [3.05, 3.63) is 35.5 Å². The zero-order valence-corrected chi connectivity index (χ0v) is 13.0. The topological polar surface area (TPSA) is 84.8 Å². The van der Waals surface area contributed by atoms with Crippen molar-refractivity contribution in [1.29, 1.82) is 0 Å². The fraction of sp³-hybridized carbons (Fsp3) is 0.312. The van der Waals surface area contributed by atoms with Crippen molar-refractivity contribution < 1.29 is 9.53 Å². The number of amides is 1. The Morgan fingerprint density at radius 2 is 2.30 bits per heavy atom. The summed E-state index contributed by atoms with van der Waals surface area (Å²) in [4.78, 5) is 12.5. The number of benzene rings is 1. The largest absolute Gasteiger partial charge is 0.480 e. The van der Waals surface area contributed by atoms with E-state index in [2.05, 4.69) is 20.6 Å². The smallest absolute Gasteiger partial charge is 0.266 e. The van der Waals surface area contributed by atoms with Crippen LogP contribution >= 0.6 is 0 Å². The molecular weight excluding hydrogens is 294 g/mol. The van der Waals surface area contributed by atoms with Crippen molar-refractivity contribution in [1.82, 2.24) is 20.0 Å². The van der Waals surface area contributed by atoms with E-state index in [1.54, 1.807) is 4.68 Å². The second-order valence-electron chi connectivity index (χ2n) is 5.63. The zero-order chi connectivity index (χ0) is 16.0. The van der Waals surface area contributed by atoms with Gasteiger partial charge in [0.05, 0.1) is 11.1 Å². The van der Waals surface area contributed by atoms with Gasteiger partial charge in [-0.3, -0.25) is 9.89 Å². The van der Waals surface area contributed by atoms with Crippen LogP contribution in [0, 0.1) is 0 Å². The lowest BCUT2D eigenvalue weighted by Gasteiger charge is -2.10. The van der Waals surface area contributed by atoms with Crippen molar-refractivity contribution in [3.8, 4) is 5.75 Å². The first-order chi connectivity index (χ1) is 11.2. The highest BCUT2D eigenvalue weighted by atomic mass is 16.5. The quantitative estimate of drug-likeness (QED) is 0.772. The monoisotopic (exact) mass is 311 g/mol. The molecule has 0 spiro atoms. The molecule has 1 aliphatic rings. The van der Waals surface area contributed by atoms with Crippen LogP contribution in [0.4, 0.5) is 5.82 Å². The van der Waals surface area contributed by atoms with Crippen LogP contribution in [0.3, 0.4) is 0 Å². The van der Waals surface area contributed by atoms with Crippen LogP contribution in [0.5, 0.6) is 5.75 Å². The van der Waals surface area contributed by atoms with Gasteiger partial charge in [-0.15, -0.1) is 0 Å². The van der Waals surface area contributed by atoms with Gasteiger partial charge in [-0.05, 0) is 18.1 Å². The van der Waals surface area contributed by atoms with Crippen LogP contribution in [-0.2, 0) is 24.7 Å². The fourth-order valence-corrected chi connectivity index (χ4v) is 2.99. The molecule has 23 heavy (non-hydrogen) atoms. The van der Waals surface area contributed by atoms with E-state index in [4.69, 9.17) is 4.74 Å². The number of carbonyl (C=O) groups is 1. The standard InChI is InChI=1S/C16H17N5O2/c1-3-10-13-14(18-19-15(13)21(2)20-10)17-16(22)12-8-9-6-4-5-7-11(9)23-12/h4-7,12H,3,8H2,1-2H3,(H2,17,18,19,22)/t12-/m1/s1. The number of hydrogen-bond donors (Lipinski definition) is 2. The second-order valence-corrected chi connectivity index (χ2v) is 5.63. The predicted octanol–water partition coefficient (Wildman–Crippen LogP) is 1.80. The maximum Gasteiger partial charge on any atom is 0.266 e. The maximum absolute atomic E-state index is 12.5. The predicted molar refractivity (Wildman–Crippen MR) is 85.4 cm³/mol. The molecule has 0 unspecified atom stereocenters. The second kappa shape index (κ2) is 5.12. The van der Waals surface area contributed by atoms with E-state index >= 15 is 0 Å². The number of H-pyrrole nitrogens is 1. The van der Waals surface area contributed by atoms with E-state index in [0.29, 0.717) is 12.2 Å². The molecule has 118 valence electrons. The minimum atomic E-state index is -0.521. The molecular formula is C16H17N5O2. The molecule has 0 saturated heterocycles. The number of fused-ring (bicyclic) bond motifs is 2. The van der Waals surface area contributed by atoms with Crippen molar-refractivity contribution >= 4 is 22.8 Å². The number of para-hydroxylation sites is 1. The van der Waals surface area contributed by atoms with Gasteiger partial charge in [0.1, 0.15) is 11.6 Å². The summed E-state index contributed by atoms with van der Waals surface area (Å²) in [6.45, 7) is 2.02. The molecule has 1 aromatic carbocycles. The Balaban J connectivity index is 1.58. The van der Waals surface area contributed by atoms with Crippen molar-refractivity contribution in [2.24, 2.45) is 7.05 Å². The Hall–Kier alpha value is -2.83. The van der Waals surface area contributed by atoms with Gasteiger partial charge in [0, 0.05) is 13.5 Å². The van der Waals surface area contributed by atoms with Crippen LogP contribution in [0.2, 0.25) is 0 Å². The fourth-order valence-electron chi connectivity index (χ4n) is 2.99. The molecule has 4 rings (SSSR count). The molecule has 1 aliphatic heterocycles. The highest BCUT2D eigenvalue weighted by Crippen LogP contribution is 2.29. The van der Waals surface area contributed by atoms with Gasteiger partial charge in [0.2, 0.25) is 0 Å². The number of carbonyl (C=O) groups excluding carboxylic acids is 1. The van der Waals surface area contributed by atoms with E-state index in [1.165, 1.54) is 0 Å². The maximum atomic E-state index is 12.5. The number of nitrogens with one attached hydrogen (secondary N) is 2. The van der Waals surface area contributed by atoms with E-state index in [-0.39, 0.29) is 5.91 Å². The van der Waals surface area contributed by atoms with Gasteiger partial charge in [-0.2, -0.15) is 10.2 Å². The summed E-state index contributed by atoms with van der Waals surface area (Å²) in [6.07, 6.45) is 0.824. The van der Waals surface area contributed by atoms with E-state index < -0.39 is 6.10 Å². The summed E-state index contributed by atoms with van der Waals surface area (Å²) in [5.41, 5.74) is 2.69. The van der Waals surface area contributed by atoms with Crippen LogP contribution in [0.15, 0.2) is 24.3 Å². The Morgan fingerprint density at radius 1 is 1.48 bits per heavy atom. The number of hydrogen-bond acceptors (Lipinski definition) is 4. The molecule has 3 aromatic rings. The normalized spacial score (nSPS) is 16.3. The Bertz CT molecular complexity index is 870. The van der Waals surface area contributed by atoms with Crippen molar-refractivity contribution in [2.75, 3.05) is 5.32 Å². The molecule has 0 aliphatic carbocycles. The lowest BCUT2D eigenvalue weighted by atomic mass is 10.1. The van der Waals surface area contributed by atoms with E-state index in [9.17, 15) is 4.79 Å². The average Bonchev–Trinajstić information content (AvgIpc) is 3.23. The molecule has 0 radical (unpaired) electrons. The van der Waals surface area contributed by atoms with E-state index in [1.807, 2.05) is 38.2 Å². The lowest BCUT2D eigenvalue weighted by molar-refractivity contribution is -0.122. The van der Waals surface area contributed by atoms with Gasteiger partial charge in [0.25, 0.3) is 5.91 Å². The first-order valence-electron chi connectivity index (χ1n) is 7.62. The number of aryl methyl sites for hydroxylation is 2.